The Morgan fingerprint density at radius 1 is 1.77 bits per heavy atom. The maximum absolute atomic E-state index is 10.1. The van der Waals surface area contributed by atoms with E-state index in [1.54, 1.807) is 0 Å². The number of hydrogen-bond acceptors (Lipinski definition) is 5. The number of nitrogens with two attached hydrogens (primary N) is 1. The van der Waals surface area contributed by atoms with Gasteiger partial charge in [0.25, 0.3) is 0 Å². The van der Waals surface area contributed by atoms with Gasteiger partial charge in [-0.1, -0.05) is 0 Å². The van der Waals surface area contributed by atoms with Gasteiger partial charge in [0.2, 0.25) is 5.96 Å². The maximum atomic E-state index is 10.1. The number of hydrazine groups is 2. The Bertz CT molecular complexity index is 224. The lowest BCUT2D eigenvalue weighted by atomic mass is 10.7. The molecule has 1 heterocycles. The predicted molar refractivity (Wildman–Crippen MR) is 44.2 cm³/mol. The van der Waals surface area contributed by atoms with Crippen molar-refractivity contribution in [3.63, 3.8) is 0 Å². The van der Waals surface area contributed by atoms with Crippen molar-refractivity contribution in [2.45, 2.75) is 0 Å². The van der Waals surface area contributed by atoms with Crippen LogP contribution in [0.25, 0.3) is 0 Å². The third-order valence-electron chi connectivity index (χ3n) is 1.52. The van der Waals surface area contributed by atoms with Gasteiger partial charge >= 0.3 is 8.25 Å². The molecule has 1 saturated heterocycles. The summed E-state index contributed by atoms with van der Waals surface area (Å²) >= 11 is 0. The van der Waals surface area contributed by atoms with Gasteiger partial charge in [-0.25, -0.2) is 11.3 Å². The molecule has 1 aliphatic rings. The van der Waals surface area contributed by atoms with Crippen LogP contribution in [0.15, 0.2) is 0 Å². The van der Waals surface area contributed by atoms with Gasteiger partial charge < -0.3 is 0 Å². The normalized spacial score (nSPS) is 18.3. The molecule has 5 N–H and O–H groups in total. The molecule has 0 bridgehead atoms. The summed E-state index contributed by atoms with van der Waals surface area (Å²) in [6.45, 7) is 0.958. The minimum atomic E-state index is -2.60. The molecule has 1 rings (SSSR count). The smallest absolute Gasteiger partial charge is 0.278 e. The van der Waals surface area contributed by atoms with Crippen LogP contribution in [0, 0.1) is 5.41 Å². The largest absolute Gasteiger partial charge is 0.696 e. The first kappa shape index (κ1) is 10.3. The Labute approximate surface area is 75.6 Å². The topological polar surface area (TPSA) is 115 Å². The summed E-state index contributed by atoms with van der Waals surface area (Å²) in [7, 11) is -2.60. The summed E-state index contributed by atoms with van der Waals surface area (Å²) in [5.41, 5.74) is 2.61. The molecule has 0 aliphatic carbocycles. The van der Waals surface area contributed by atoms with E-state index in [-0.39, 0.29) is 12.7 Å². The summed E-state index contributed by atoms with van der Waals surface area (Å²) in [6, 6.07) is 0. The van der Waals surface area contributed by atoms with E-state index in [2.05, 4.69) is 9.95 Å². The van der Waals surface area contributed by atoms with Gasteiger partial charge in [0.15, 0.2) is 6.73 Å². The molecule has 0 radical (unpaired) electrons. The van der Waals surface area contributed by atoms with Crippen LogP contribution in [0.1, 0.15) is 0 Å². The summed E-state index contributed by atoms with van der Waals surface area (Å²) in [5.74, 6) is 5.49. The van der Waals surface area contributed by atoms with E-state index in [0.29, 0.717) is 13.1 Å². The molecule has 1 atom stereocenters. The van der Waals surface area contributed by atoms with Crippen LogP contribution >= 0.6 is 8.25 Å². The third kappa shape index (κ3) is 2.87. The highest BCUT2D eigenvalue weighted by atomic mass is 31.1. The minimum absolute atomic E-state index is 0.108. The standard InChI is InChI=1S/C4H10N5O3P/c5-4-8(6)1-2-9(4)7-3-12-13(10)11/h5,7H,1-3,6H2/p+1. The lowest BCUT2D eigenvalue weighted by molar-refractivity contribution is 0.187. The molecular formula is C4H11N5O3P+. The zero-order chi connectivity index (χ0) is 9.84. The number of hydrogen-bond donors (Lipinski definition) is 4. The summed E-state index contributed by atoms with van der Waals surface area (Å²) in [5, 5.41) is 10.1. The first-order valence-corrected chi connectivity index (χ1v) is 4.65. The van der Waals surface area contributed by atoms with Crippen LogP contribution in [0.2, 0.25) is 0 Å². The van der Waals surface area contributed by atoms with E-state index in [1.807, 2.05) is 0 Å². The zero-order valence-corrected chi connectivity index (χ0v) is 7.70. The fraction of sp³-hybridized carbons (Fsp3) is 0.750. The molecule has 0 aromatic heterocycles. The van der Waals surface area contributed by atoms with Crippen LogP contribution in [0.4, 0.5) is 0 Å². The van der Waals surface area contributed by atoms with Crippen LogP contribution in [0.5, 0.6) is 0 Å². The first-order valence-electron chi connectivity index (χ1n) is 3.52. The molecule has 9 heteroatoms. The van der Waals surface area contributed by atoms with Crippen molar-refractivity contribution < 1.29 is 14.0 Å². The quantitative estimate of drug-likeness (QED) is 0.253. The molecule has 8 nitrogen and oxygen atoms in total. The highest BCUT2D eigenvalue weighted by Crippen LogP contribution is 2.12. The molecule has 0 aromatic rings. The Kier molecular flexibility index (Phi) is 3.52. The molecule has 0 amide bonds. The van der Waals surface area contributed by atoms with E-state index in [4.69, 9.17) is 16.1 Å². The second kappa shape index (κ2) is 4.45. The van der Waals surface area contributed by atoms with Gasteiger partial charge in [-0.2, -0.15) is 0 Å². The summed E-state index contributed by atoms with van der Waals surface area (Å²) < 4.78 is 14.4. The number of nitrogens with zero attached hydrogens (tertiary/aromatic N) is 2. The average molecular weight is 208 g/mol. The number of guanidine groups is 1. The van der Waals surface area contributed by atoms with Crippen molar-refractivity contribution in [1.29, 1.82) is 5.41 Å². The summed E-state index contributed by atoms with van der Waals surface area (Å²) in [4.78, 5) is 8.28. The van der Waals surface area contributed by atoms with E-state index < -0.39 is 8.25 Å². The van der Waals surface area contributed by atoms with Gasteiger partial charge in [0, 0.05) is 4.57 Å². The fourth-order valence-electron chi connectivity index (χ4n) is 0.891. The molecule has 13 heavy (non-hydrogen) atoms. The highest BCUT2D eigenvalue weighted by molar-refractivity contribution is 7.32. The van der Waals surface area contributed by atoms with Crippen molar-refractivity contribution in [2.75, 3.05) is 19.8 Å². The Morgan fingerprint density at radius 3 is 2.92 bits per heavy atom. The minimum Gasteiger partial charge on any atom is -0.278 e. The van der Waals surface area contributed by atoms with Crippen molar-refractivity contribution in [3.8, 4) is 0 Å². The van der Waals surface area contributed by atoms with Crippen molar-refractivity contribution in [2.24, 2.45) is 5.84 Å². The van der Waals surface area contributed by atoms with Crippen LogP contribution in [-0.4, -0.2) is 40.7 Å². The molecule has 1 unspecified atom stereocenters. The van der Waals surface area contributed by atoms with Crippen LogP contribution in [-0.2, 0) is 9.09 Å². The molecule has 74 valence electrons. The number of rotatable bonds is 4. The third-order valence-corrected chi connectivity index (χ3v) is 1.87. The first-order chi connectivity index (χ1) is 6.11. The molecular weight excluding hydrogens is 197 g/mol. The van der Waals surface area contributed by atoms with Crippen molar-refractivity contribution >= 4 is 14.2 Å². The zero-order valence-electron chi connectivity index (χ0n) is 6.80. The Balaban J connectivity index is 2.23. The lowest BCUT2D eigenvalue weighted by Gasteiger charge is -2.17. The van der Waals surface area contributed by atoms with Gasteiger partial charge in [0.05, 0.1) is 13.1 Å². The summed E-state index contributed by atoms with van der Waals surface area (Å²) in [6.07, 6.45) is 0. The van der Waals surface area contributed by atoms with E-state index in [0.717, 1.165) is 0 Å². The van der Waals surface area contributed by atoms with Gasteiger partial charge in [0.1, 0.15) is 0 Å². The fourth-order valence-corrected chi connectivity index (χ4v) is 1.06. The van der Waals surface area contributed by atoms with E-state index in [1.165, 1.54) is 10.0 Å². The van der Waals surface area contributed by atoms with E-state index in [9.17, 15) is 4.57 Å². The van der Waals surface area contributed by atoms with Crippen LogP contribution < -0.4 is 11.3 Å². The molecule has 1 fully saturated rings. The predicted octanol–water partition coefficient (Wildman–Crippen LogP) is -1.46. The van der Waals surface area contributed by atoms with E-state index >= 15 is 0 Å². The van der Waals surface area contributed by atoms with Gasteiger partial charge in [-0.15, -0.1) is 9.42 Å². The Hall–Kier alpha value is -0.790. The second-order valence-electron chi connectivity index (χ2n) is 2.34. The van der Waals surface area contributed by atoms with Gasteiger partial charge in [-0.3, -0.25) is 15.4 Å². The average Bonchev–Trinajstić information content (AvgIpc) is 2.35. The Morgan fingerprint density at radius 2 is 2.46 bits per heavy atom. The molecule has 0 spiro atoms. The molecule has 0 saturated carbocycles. The van der Waals surface area contributed by atoms with Crippen molar-refractivity contribution in [1.82, 2.24) is 15.4 Å². The maximum Gasteiger partial charge on any atom is 0.696 e. The highest BCUT2D eigenvalue weighted by Gasteiger charge is 2.23. The molecule has 0 aromatic carbocycles. The monoisotopic (exact) mass is 208 g/mol. The van der Waals surface area contributed by atoms with Gasteiger partial charge in [-0.05, 0) is 0 Å². The van der Waals surface area contributed by atoms with Crippen molar-refractivity contribution in [3.05, 3.63) is 0 Å². The van der Waals surface area contributed by atoms with Crippen LogP contribution in [0.3, 0.4) is 0 Å². The second-order valence-corrected chi connectivity index (χ2v) is 3.07. The molecule has 1 aliphatic heterocycles. The number of nitrogens with one attached hydrogen (secondary N) is 2. The lowest BCUT2D eigenvalue weighted by Crippen LogP contribution is -2.44. The SMILES string of the molecule is N=C1N(N)CCN1NCO[P+](=O)O.